The van der Waals surface area contributed by atoms with Gasteiger partial charge in [0.15, 0.2) is 0 Å². The third kappa shape index (κ3) is 3.94. The summed E-state index contributed by atoms with van der Waals surface area (Å²) in [5.74, 6) is 0.908. The number of nitrogens with one attached hydrogen (secondary N) is 1. The quantitative estimate of drug-likeness (QED) is 0.662. The molecule has 0 fully saturated rings. The second-order valence-corrected chi connectivity index (χ2v) is 6.20. The van der Waals surface area contributed by atoms with Crippen molar-refractivity contribution in [3.63, 3.8) is 0 Å². The summed E-state index contributed by atoms with van der Waals surface area (Å²) in [6, 6.07) is 14.8. The Bertz CT molecular complexity index is 824. The van der Waals surface area contributed by atoms with E-state index in [0.717, 1.165) is 43.0 Å². The first-order valence-electron chi connectivity index (χ1n) is 8.93. The zero-order chi connectivity index (χ0) is 17.6. The molecule has 0 atom stereocenters. The molecule has 0 amide bonds. The first kappa shape index (κ1) is 17.3. The Kier molecular flexibility index (Phi) is 5.56. The van der Waals surface area contributed by atoms with Crippen LogP contribution >= 0.6 is 0 Å². The Morgan fingerprint density at radius 1 is 1.16 bits per heavy atom. The van der Waals surface area contributed by atoms with Gasteiger partial charge in [-0.3, -0.25) is 0 Å². The van der Waals surface area contributed by atoms with Gasteiger partial charge in [-0.1, -0.05) is 18.2 Å². The van der Waals surface area contributed by atoms with E-state index in [0.29, 0.717) is 6.54 Å². The molecule has 0 saturated heterocycles. The van der Waals surface area contributed by atoms with Crippen LogP contribution in [0.2, 0.25) is 0 Å². The summed E-state index contributed by atoms with van der Waals surface area (Å²) in [5, 5.41) is 4.60. The monoisotopic (exact) mass is 337 g/mol. The number of hydrogen-bond donors (Lipinski definition) is 2. The van der Waals surface area contributed by atoms with Crippen molar-refractivity contribution in [2.75, 3.05) is 36.4 Å². The fourth-order valence-corrected chi connectivity index (χ4v) is 3.16. The van der Waals surface area contributed by atoms with Crippen LogP contribution in [0.15, 0.2) is 48.7 Å². The van der Waals surface area contributed by atoms with E-state index in [1.807, 2.05) is 12.3 Å². The number of hydrogen-bond acceptors (Lipinski definition) is 4. The maximum Gasteiger partial charge on any atom is 0.142 e. The second-order valence-electron chi connectivity index (χ2n) is 6.20. The minimum absolute atomic E-state index is 0.616. The lowest BCUT2D eigenvalue weighted by Crippen LogP contribution is -2.29. The summed E-state index contributed by atoms with van der Waals surface area (Å²) in [5.41, 5.74) is 9.27. The van der Waals surface area contributed by atoms with Crippen LogP contribution in [0.4, 0.5) is 11.5 Å². The number of nitrogens with zero attached hydrogens (tertiary/aromatic N) is 3. The molecule has 3 N–H and O–H groups in total. The maximum atomic E-state index is 5.68. The van der Waals surface area contributed by atoms with Crippen molar-refractivity contribution >= 4 is 22.5 Å². The number of nitrogens with two attached hydrogens (primary N) is 1. The van der Waals surface area contributed by atoms with E-state index < -0.39 is 0 Å². The lowest BCUT2D eigenvalue weighted by atomic mass is 10.2. The van der Waals surface area contributed by atoms with Gasteiger partial charge in [-0.25, -0.2) is 4.98 Å². The number of anilines is 2. The first-order valence-corrected chi connectivity index (χ1v) is 8.93. The molecular weight excluding hydrogens is 310 g/mol. The van der Waals surface area contributed by atoms with Crippen molar-refractivity contribution in [3.05, 3.63) is 54.2 Å². The third-order valence-corrected chi connectivity index (χ3v) is 4.51. The topological polar surface area (TPSA) is 59.1 Å². The highest BCUT2D eigenvalue weighted by Gasteiger charge is 2.07. The third-order valence-electron chi connectivity index (χ3n) is 4.51. The minimum Gasteiger partial charge on any atom is -0.370 e. The number of benzene rings is 1. The molecule has 3 rings (SSSR count). The molecule has 2 aromatic heterocycles. The predicted molar refractivity (Wildman–Crippen MR) is 106 cm³/mol. The number of likely N-dealkylation sites (N-methyl/N-ethyl adjacent to an activating group) is 1. The van der Waals surface area contributed by atoms with E-state index in [1.165, 1.54) is 11.3 Å². The van der Waals surface area contributed by atoms with Crippen molar-refractivity contribution in [1.82, 2.24) is 9.55 Å². The first-order chi connectivity index (χ1) is 12.2. The van der Waals surface area contributed by atoms with Gasteiger partial charge in [0.2, 0.25) is 0 Å². The maximum absolute atomic E-state index is 5.68. The van der Waals surface area contributed by atoms with E-state index in [1.54, 1.807) is 0 Å². The Morgan fingerprint density at radius 3 is 2.76 bits per heavy atom. The molecule has 5 nitrogen and oxygen atoms in total. The zero-order valence-electron chi connectivity index (χ0n) is 15.1. The van der Waals surface area contributed by atoms with Crippen molar-refractivity contribution in [3.8, 4) is 0 Å². The Labute approximate surface area is 149 Å². The van der Waals surface area contributed by atoms with E-state index >= 15 is 0 Å². The minimum atomic E-state index is 0.616. The van der Waals surface area contributed by atoms with E-state index in [2.05, 4.69) is 65.0 Å². The fraction of sp³-hybridized carbons (Fsp3) is 0.350. The Balaban J connectivity index is 1.66. The molecule has 0 bridgehead atoms. The van der Waals surface area contributed by atoms with Gasteiger partial charge in [0.1, 0.15) is 11.5 Å². The Morgan fingerprint density at radius 2 is 2.00 bits per heavy atom. The van der Waals surface area contributed by atoms with Crippen LogP contribution in [-0.2, 0) is 6.54 Å². The summed E-state index contributed by atoms with van der Waals surface area (Å²) in [6.45, 7) is 8.52. The predicted octanol–water partition coefficient (Wildman–Crippen LogP) is 3.24. The molecule has 0 spiro atoms. The number of aromatic nitrogens is 2. The van der Waals surface area contributed by atoms with Crippen LogP contribution in [0.3, 0.4) is 0 Å². The molecule has 132 valence electrons. The van der Waals surface area contributed by atoms with Crippen molar-refractivity contribution in [2.45, 2.75) is 20.4 Å². The molecule has 0 aliphatic carbocycles. The van der Waals surface area contributed by atoms with Gasteiger partial charge in [-0.2, -0.15) is 0 Å². The highest BCUT2D eigenvalue weighted by Crippen LogP contribution is 2.19. The van der Waals surface area contributed by atoms with Gasteiger partial charge in [-0.05, 0) is 43.7 Å². The molecule has 0 aliphatic rings. The second kappa shape index (κ2) is 8.03. The number of fused-ring (bicyclic) bond motifs is 1. The van der Waals surface area contributed by atoms with Crippen LogP contribution in [0.1, 0.15) is 12.5 Å². The van der Waals surface area contributed by atoms with Gasteiger partial charge in [0, 0.05) is 50.0 Å². The molecule has 5 heteroatoms. The zero-order valence-corrected chi connectivity index (χ0v) is 15.1. The average molecular weight is 337 g/mol. The van der Waals surface area contributed by atoms with Gasteiger partial charge < -0.3 is 20.5 Å². The van der Waals surface area contributed by atoms with Gasteiger partial charge in [0.05, 0.1) is 0 Å². The summed E-state index contributed by atoms with van der Waals surface area (Å²) in [7, 11) is 0. The number of rotatable bonds is 8. The van der Waals surface area contributed by atoms with Crippen LogP contribution in [0, 0.1) is 6.92 Å². The smallest absolute Gasteiger partial charge is 0.142 e. The highest BCUT2D eigenvalue weighted by molar-refractivity contribution is 5.78. The molecular formula is C20H27N5. The number of aryl methyl sites for hydroxylation is 1. The standard InChI is InChI=1S/C20H27N5/c1-3-24(18-7-5-4-6-16(18)2)15-12-22-19-9-8-17-10-13-25(14-11-21)20(17)23-19/h4-10,13H,3,11-12,14-15,21H2,1-2H3,(H,22,23). The summed E-state index contributed by atoms with van der Waals surface area (Å²) in [6.07, 6.45) is 2.05. The van der Waals surface area contributed by atoms with E-state index in [-0.39, 0.29) is 0 Å². The molecule has 0 unspecified atom stereocenters. The van der Waals surface area contributed by atoms with Gasteiger partial charge in [0.25, 0.3) is 0 Å². The largest absolute Gasteiger partial charge is 0.370 e. The van der Waals surface area contributed by atoms with Crippen molar-refractivity contribution in [1.29, 1.82) is 0 Å². The lowest BCUT2D eigenvalue weighted by molar-refractivity contribution is 0.728. The van der Waals surface area contributed by atoms with Gasteiger partial charge in [-0.15, -0.1) is 0 Å². The fourth-order valence-electron chi connectivity index (χ4n) is 3.16. The van der Waals surface area contributed by atoms with Gasteiger partial charge >= 0.3 is 0 Å². The van der Waals surface area contributed by atoms with Crippen LogP contribution in [0.25, 0.3) is 11.0 Å². The van der Waals surface area contributed by atoms with E-state index in [4.69, 9.17) is 10.7 Å². The van der Waals surface area contributed by atoms with Crippen LogP contribution in [0.5, 0.6) is 0 Å². The lowest BCUT2D eigenvalue weighted by Gasteiger charge is -2.25. The molecule has 1 aromatic carbocycles. The highest BCUT2D eigenvalue weighted by atomic mass is 15.2. The molecule has 0 saturated carbocycles. The normalized spacial score (nSPS) is 11.0. The molecule has 2 heterocycles. The molecule has 0 radical (unpaired) electrons. The van der Waals surface area contributed by atoms with Crippen molar-refractivity contribution in [2.24, 2.45) is 5.73 Å². The molecule has 25 heavy (non-hydrogen) atoms. The summed E-state index contributed by atoms with van der Waals surface area (Å²) < 4.78 is 2.10. The Hall–Kier alpha value is -2.53. The molecule has 0 aliphatic heterocycles. The molecule has 3 aromatic rings. The van der Waals surface area contributed by atoms with Crippen LogP contribution in [-0.4, -0.2) is 35.7 Å². The van der Waals surface area contributed by atoms with E-state index in [9.17, 15) is 0 Å². The SMILES string of the molecule is CCN(CCNc1ccc2ccn(CCN)c2n1)c1ccccc1C. The summed E-state index contributed by atoms with van der Waals surface area (Å²) >= 11 is 0. The summed E-state index contributed by atoms with van der Waals surface area (Å²) in [4.78, 5) is 7.13. The number of pyridine rings is 1. The average Bonchev–Trinajstić information content (AvgIpc) is 3.02. The van der Waals surface area contributed by atoms with Crippen LogP contribution < -0.4 is 16.0 Å². The van der Waals surface area contributed by atoms with Crippen molar-refractivity contribution < 1.29 is 0 Å². The number of para-hydroxylation sites is 1.